The number of carbonyl (C=O) groups is 2. The molecule has 4 aromatic rings. The summed E-state index contributed by atoms with van der Waals surface area (Å²) in [5.41, 5.74) is 5.22. The predicted molar refractivity (Wildman–Crippen MR) is 188 cm³/mol. The first kappa shape index (κ1) is 39.3. The topological polar surface area (TPSA) is 134 Å². The number of amides is 1. The minimum atomic E-state index is -3.04. The van der Waals surface area contributed by atoms with E-state index >= 15 is 0 Å². The van der Waals surface area contributed by atoms with Crippen molar-refractivity contribution in [3.63, 3.8) is 0 Å². The molecule has 2 aromatic carbocycles. The van der Waals surface area contributed by atoms with Crippen molar-refractivity contribution in [2.75, 3.05) is 6.61 Å². The van der Waals surface area contributed by atoms with Crippen molar-refractivity contribution < 1.29 is 36.3 Å². The summed E-state index contributed by atoms with van der Waals surface area (Å²) in [6, 6.07) is 9.84. The molecule has 2 aromatic heterocycles. The number of carbonyl (C=O) groups excluding carboxylic acids is 2. The fraction of sp³-hybridized carbons (Fsp3) is 0.444. The first-order chi connectivity index (χ1) is 24.7. The highest BCUT2D eigenvalue weighted by atomic mass is 35.5. The third kappa shape index (κ3) is 8.21. The molecule has 53 heavy (non-hydrogen) atoms. The summed E-state index contributed by atoms with van der Waals surface area (Å²) in [6.45, 7) is 3.91. The molecule has 11 nitrogen and oxygen atoms in total. The molecule has 0 aliphatic carbocycles. The number of aromatic nitrogens is 5. The van der Waals surface area contributed by atoms with E-state index in [4.69, 9.17) is 27.1 Å². The number of hydrogen-bond donors (Lipinski definition) is 1. The number of halogens is 6. The second-order valence-corrected chi connectivity index (χ2v) is 15.2. The van der Waals surface area contributed by atoms with Crippen LogP contribution >= 0.6 is 11.6 Å². The minimum Gasteiger partial charge on any atom is -0.463 e. The highest BCUT2D eigenvalue weighted by molar-refractivity contribution is 6.33. The summed E-state index contributed by atoms with van der Waals surface area (Å²) in [6.07, 6.45) is 1.99. The zero-order valence-corrected chi connectivity index (χ0v) is 30.7. The molecular formula is C36H40ClF5N8O3. The van der Waals surface area contributed by atoms with Crippen LogP contribution in [0, 0.1) is 10.8 Å². The maximum Gasteiger partial charge on any atom is 0.335 e. The molecule has 1 aliphatic heterocycles. The van der Waals surface area contributed by atoms with E-state index in [2.05, 4.69) is 15.2 Å². The maximum atomic E-state index is 14.9. The van der Waals surface area contributed by atoms with E-state index in [-0.39, 0.29) is 40.8 Å². The standard InChI is InChI=1S/C36H40ClF5N8O3/c1-20(38)35(5,6)14-28(51)53-17-27(22-9-12-26(37)25(13-22)29-44-19-46-50(29)32(41)42)49-30(52)36(47-33(49)43,18-34(2,3)4)24-10-7-21(8-11-24)23-15-45-48(16-23)31(39)40/h7-13,15-16,19-20,27,31-32H,14,17-18H2,1-6H3,(H2,43,47)/t20?,27-,36-/m1/s1. The summed E-state index contributed by atoms with van der Waals surface area (Å²) in [5, 5.41) is 7.34. The van der Waals surface area contributed by atoms with Gasteiger partial charge in [-0.05, 0) is 47.6 Å². The van der Waals surface area contributed by atoms with Gasteiger partial charge in [0.2, 0.25) is 0 Å². The first-order valence-corrected chi connectivity index (χ1v) is 17.0. The van der Waals surface area contributed by atoms with Crippen LogP contribution in [0.1, 0.15) is 84.7 Å². The van der Waals surface area contributed by atoms with Gasteiger partial charge in [0.15, 0.2) is 17.3 Å². The van der Waals surface area contributed by atoms with E-state index < -0.39 is 60.2 Å². The molecule has 0 radical (unpaired) electrons. The second-order valence-electron chi connectivity index (χ2n) is 14.8. The molecule has 2 N–H and O–H groups in total. The molecule has 0 saturated heterocycles. The van der Waals surface area contributed by atoms with Crippen LogP contribution in [0.5, 0.6) is 0 Å². The summed E-state index contributed by atoms with van der Waals surface area (Å²) in [4.78, 5) is 38.0. The predicted octanol–water partition coefficient (Wildman–Crippen LogP) is 8.10. The van der Waals surface area contributed by atoms with Crippen LogP contribution in [0.15, 0.2) is 66.2 Å². The van der Waals surface area contributed by atoms with Gasteiger partial charge < -0.3 is 10.5 Å². The molecule has 1 unspecified atom stereocenters. The monoisotopic (exact) mass is 762 g/mol. The molecule has 17 heteroatoms. The van der Waals surface area contributed by atoms with Crippen molar-refractivity contribution in [3.8, 4) is 22.5 Å². The van der Waals surface area contributed by atoms with Gasteiger partial charge in [-0.2, -0.15) is 32.4 Å². The van der Waals surface area contributed by atoms with Crippen LogP contribution in [0.4, 0.5) is 22.0 Å². The normalized spacial score (nSPS) is 17.8. The number of rotatable bonds is 13. The Morgan fingerprint density at radius 1 is 0.981 bits per heavy atom. The molecule has 0 saturated carbocycles. The van der Waals surface area contributed by atoms with E-state index in [1.165, 1.54) is 42.4 Å². The van der Waals surface area contributed by atoms with Crippen molar-refractivity contribution in [2.45, 2.75) is 85.2 Å². The maximum absolute atomic E-state index is 14.9. The van der Waals surface area contributed by atoms with Gasteiger partial charge in [0.05, 0.1) is 23.7 Å². The lowest BCUT2D eigenvalue weighted by molar-refractivity contribution is -0.150. The molecular weight excluding hydrogens is 723 g/mol. The number of benzene rings is 2. The Morgan fingerprint density at radius 3 is 2.25 bits per heavy atom. The Hall–Kier alpha value is -4.86. The number of aliphatic imine (C=N–C) groups is 1. The van der Waals surface area contributed by atoms with Crippen LogP contribution in [-0.4, -0.2) is 60.1 Å². The van der Waals surface area contributed by atoms with E-state index in [1.54, 1.807) is 38.1 Å². The summed E-state index contributed by atoms with van der Waals surface area (Å²) in [5.74, 6) is -1.79. The Labute approximate surface area is 308 Å². The zero-order chi connectivity index (χ0) is 39.0. The zero-order valence-electron chi connectivity index (χ0n) is 29.9. The Kier molecular flexibility index (Phi) is 11.0. The third-order valence-corrected chi connectivity index (χ3v) is 9.50. The number of ether oxygens (including phenoxy) is 1. The molecule has 0 fully saturated rings. The quantitative estimate of drug-likeness (QED) is 0.108. The van der Waals surface area contributed by atoms with Crippen LogP contribution in [0.25, 0.3) is 22.5 Å². The van der Waals surface area contributed by atoms with Gasteiger partial charge in [-0.3, -0.25) is 14.5 Å². The Balaban J connectivity index is 1.59. The van der Waals surface area contributed by atoms with Crippen LogP contribution in [-0.2, 0) is 19.9 Å². The van der Waals surface area contributed by atoms with E-state index in [0.29, 0.717) is 26.1 Å². The lowest BCUT2D eigenvalue weighted by Crippen LogP contribution is -2.47. The fourth-order valence-electron chi connectivity index (χ4n) is 6.17. The van der Waals surface area contributed by atoms with Gasteiger partial charge >= 0.3 is 19.1 Å². The SMILES string of the molecule is CC(F)C(C)(C)CC(=O)OC[C@H](c1ccc(Cl)c(-c2ncnn2C(F)F)c1)N1C(=O)[C@@](CC(C)(C)C)(c2ccc(-c3cnn(C(F)F)c3)cc2)N=C1N. The molecule has 3 heterocycles. The molecule has 0 spiro atoms. The number of nitrogens with zero attached hydrogens (tertiary/aromatic N) is 7. The van der Waals surface area contributed by atoms with Gasteiger partial charge in [-0.25, -0.2) is 19.0 Å². The molecule has 3 atom stereocenters. The number of guanidine groups is 1. The van der Waals surface area contributed by atoms with Crippen molar-refractivity contribution in [2.24, 2.45) is 21.6 Å². The number of alkyl halides is 5. The fourth-order valence-corrected chi connectivity index (χ4v) is 6.37. The van der Waals surface area contributed by atoms with Crippen LogP contribution < -0.4 is 5.73 Å². The first-order valence-electron chi connectivity index (χ1n) is 16.6. The molecule has 0 bridgehead atoms. The lowest BCUT2D eigenvalue weighted by Gasteiger charge is -2.35. The highest BCUT2D eigenvalue weighted by Crippen LogP contribution is 2.46. The molecule has 5 rings (SSSR count). The average Bonchev–Trinajstić information content (AvgIpc) is 3.81. The summed E-state index contributed by atoms with van der Waals surface area (Å²) in [7, 11) is 0. The molecule has 284 valence electrons. The largest absolute Gasteiger partial charge is 0.463 e. The second kappa shape index (κ2) is 14.9. The Bertz CT molecular complexity index is 1990. The van der Waals surface area contributed by atoms with Crippen molar-refractivity contribution >= 4 is 29.4 Å². The van der Waals surface area contributed by atoms with Crippen molar-refractivity contribution in [1.29, 1.82) is 0 Å². The number of nitrogens with two attached hydrogens (primary N) is 1. The van der Waals surface area contributed by atoms with Gasteiger partial charge in [0.25, 0.3) is 5.91 Å². The van der Waals surface area contributed by atoms with Crippen LogP contribution in [0.3, 0.4) is 0 Å². The highest BCUT2D eigenvalue weighted by Gasteiger charge is 2.53. The number of hydrogen-bond acceptors (Lipinski definition) is 8. The molecule has 1 amide bonds. The van der Waals surface area contributed by atoms with E-state index in [0.717, 1.165) is 6.33 Å². The van der Waals surface area contributed by atoms with E-state index in [1.807, 2.05) is 20.8 Å². The Morgan fingerprint density at radius 2 is 1.66 bits per heavy atom. The van der Waals surface area contributed by atoms with Gasteiger partial charge in [-0.1, -0.05) is 76.6 Å². The average molecular weight is 763 g/mol. The van der Waals surface area contributed by atoms with Gasteiger partial charge in [-0.15, -0.1) is 0 Å². The van der Waals surface area contributed by atoms with Gasteiger partial charge in [0.1, 0.15) is 19.1 Å². The van der Waals surface area contributed by atoms with Crippen molar-refractivity contribution in [1.82, 2.24) is 29.4 Å². The number of esters is 1. The summed E-state index contributed by atoms with van der Waals surface area (Å²) >= 11 is 6.47. The van der Waals surface area contributed by atoms with Crippen molar-refractivity contribution in [3.05, 3.63) is 77.3 Å². The summed E-state index contributed by atoms with van der Waals surface area (Å²) < 4.78 is 74.9. The van der Waals surface area contributed by atoms with Gasteiger partial charge in [0, 0.05) is 22.7 Å². The minimum absolute atomic E-state index is 0.0497. The van der Waals surface area contributed by atoms with E-state index in [9.17, 15) is 31.5 Å². The third-order valence-electron chi connectivity index (χ3n) is 9.17. The lowest BCUT2D eigenvalue weighted by atomic mass is 9.75. The van der Waals surface area contributed by atoms with Crippen LogP contribution in [0.2, 0.25) is 5.02 Å². The smallest absolute Gasteiger partial charge is 0.335 e. The molecule has 1 aliphatic rings.